The zero-order chi connectivity index (χ0) is 14.1. The van der Waals surface area contributed by atoms with Crippen LogP contribution in [0.3, 0.4) is 0 Å². The van der Waals surface area contributed by atoms with Gasteiger partial charge in [0.1, 0.15) is 15.2 Å². The molecule has 0 spiro atoms. The van der Waals surface area contributed by atoms with Crippen LogP contribution in [0, 0.1) is 0 Å². The molecule has 104 valence electrons. The molecule has 0 unspecified atom stereocenters. The molecule has 0 amide bonds. The summed E-state index contributed by atoms with van der Waals surface area (Å²) in [7, 11) is 0. The van der Waals surface area contributed by atoms with E-state index >= 15 is 0 Å². The van der Waals surface area contributed by atoms with E-state index in [9.17, 15) is 0 Å². The minimum atomic E-state index is -3.15. The molecule has 0 aromatic heterocycles. The second-order valence-electron chi connectivity index (χ2n) is 4.81. The van der Waals surface area contributed by atoms with Crippen molar-refractivity contribution in [1.29, 1.82) is 0 Å². The maximum atomic E-state index is 5.97. The summed E-state index contributed by atoms with van der Waals surface area (Å²) < 4.78 is 16.4. The first-order valence-electron chi connectivity index (χ1n) is 4.91. The van der Waals surface area contributed by atoms with Gasteiger partial charge in [0.25, 0.3) is 0 Å². The van der Waals surface area contributed by atoms with Crippen molar-refractivity contribution in [3.8, 4) is 0 Å². The van der Waals surface area contributed by atoms with Gasteiger partial charge in [-0.2, -0.15) is 0 Å². The molecule has 0 aromatic rings. The Morgan fingerprint density at radius 2 is 0.882 bits per heavy atom. The molecule has 0 heterocycles. The molecule has 8 heteroatoms. The molecule has 0 saturated heterocycles. The van der Waals surface area contributed by atoms with Crippen molar-refractivity contribution in [3.05, 3.63) is 0 Å². The Balaban J connectivity index is 5.03. The summed E-state index contributed by atoms with van der Waals surface area (Å²) in [6.45, 7) is 6.63. The van der Waals surface area contributed by atoms with E-state index in [0.29, 0.717) is 0 Å². The van der Waals surface area contributed by atoms with E-state index in [1.165, 1.54) is 0 Å². The Labute approximate surface area is 123 Å². The SMILES string of the molecule is CC(C)(Cl)OP(=S)(OC(C)(C)Cl)OC(C)(C)Cl. The van der Waals surface area contributed by atoms with Crippen LogP contribution in [0.4, 0.5) is 0 Å². The van der Waals surface area contributed by atoms with Crippen molar-refractivity contribution in [3.63, 3.8) is 0 Å². The quantitative estimate of drug-likeness (QED) is 0.490. The average Bonchev–Trinajstić information content (AvgIpc) is 1.65. The Morgan fingerprint density at radius 1 is 0.706 bits per heavy atom. The van der Waals surface area contributed by atoms with Gasteiger partial charge in [-0.25, -0.2) is 0 Å². The number of alkyl halides is 3. The molecule has 0 aliphatic rings. The van der Waals surface area contributed by atoms with E-state index in [-0.39, 0.29) is 0 Å². The summed E-state index contributed by atoms with van der Waals surface area (Å²) in [4.78, 5) is 0. The fourth-order valence-electron chi connectivity index (χ4n) is 0.853. The molecule has 17 heavy (non-hydrogen) atoms. The highest BCUT2D eigenvalue weighted by atomic mass is 35.5. The van der Waals surface area contributed by atoms with Gasteiger partial charge in [0, 0.05) is 0 Å². The van der Waals surface area contributed by atoms with Crippen LogP contribution >= 0.6 is 41.5 Å². The molecular weight excluding hydrogens is 325 g/mol. The van der Waals surface area contributed by atoms with Crippen LogP contribution in [0.25, 0.3) is 0 Å². The van der Waals surface area contributed by atoms with Crippen molar-refractivity contribution in [2.45, 2.75) is 56.7 Å². The van der Waals surface area contributed by atoms with E-state index in [0.717, 1.165) is 0 Å². The normalized spacial score (nSPS) is 15.1. The topological polar surface area (TPSA) is 27.7 Å². The molecule has 0 N–H and O–H groups in total. The first kappa shape index (κ1) is 18.4. The monoisotopic (exact) mass is 342 g/mol. The Hall–Kier alpha value is 1.40. The molecule has 0 fully saturated rings. The minimum Gasteiger partial charge on any atom is -0.286 e. The van der Waals surface area contributed by atoms with Crippen LogP contribution in [0.15, 0.2) is 0 Å². The van der Waals surface area contributed by atoms with Crippen molar-refractivity contribution in [2.75, 3.05) is 0 Å². The zero-order valence-corrected chi connectivity index (χ0v) is 14.7. The van der Waals surface area contributed by atoms with Gasteiger partial charge in [-0.15, -0.1) is 0 Å². The highest BCUT2D eigenvalue weighted by Gasteiger charge is 2.38. The fourth-order valence-corrected chi connectivity index (χ4v) is 5.42. The molecule has 0 saturated carbocycles. The highest BCUT2D eigenvalue weighted by molar-refractivity contribution is 8.07. The maximum Gasteiger partial charge on any atom is 0.332 e. The maximum absolute atomic E-state index is 5.97. The molecule has 0 bridgehead atoms. The Bertz CT molecular complexity index is 257. The largest absolute Gasteiger partial charge is 0.332 e. The molecule has 0 aliphatic carbocycles. The molecule has 0 radical (unpaired) electrons. The van der Waals surface area contributed by atoms with E-state index in [4.69, 9.17) is 60.2 Å². The number of rotatable bonds is 6. The predicted molar refractivity (Wildman–Crippen MR) is 77.3 cm³/mol. The van der Waals surface area contributed by atoms with Gasteiger partial charge in [0.15, 0.2) is 0 Å². The third-order valence-electron chi connectivity index (χ3n) is 0.987. The lowest BCUT2D eigenvalue weighted by atomic mass is 10.5. The zero-order valence-electron chi connectivity index (χ0n) is 10.7. The number of halogens is 3. The van der Waals surface area contributed by atoms with Gasteiger partial charge < -0.3 is 0 Å². The summed E-state index contributed by atoms with van der Waals surface area (Å²) in [5.74, 6) is 0. The Kier molecular flexibility index (Phi) is 6.28. The third kappa shape index (κ3) is 11.0. The smallest absolute Gasteiger partial charge is 0.286 e. The lowest BCUT2D eigenvalue weighted by Crippen LogP contribution is -2.25. The van der Waals surface area contributed by atoms with E-state index < -0.39 is 21.9 Å². The first-order valence-corrected chi connectivity index (χ1v) is 8.60. The summed E-state index contributed by atoms with van der Waals surface area (Å²) in [5.41, 5.74) is 0. The van der Waals surface area contributed by atoms with Crippen LogP contribution in [-0.2, 0) is 25.4 Å². The van der Waals surface area contributed by atoms with Crippen LogP contribution in [0.5, 0.6) is 0 Å². The predicted octanol–water partition coefficient (Wildman–Crippen LogP) is 5.19. The first-order chi connectivity index (χ1) is 7.12. The van der Waals surface area contributed by atoms with Crippen molar-refractivity contribution in [1.82, 2.24) is 0 Å². The van der Waals surface area contributed by atoms with Crippen LogP contribution in [-0.4, -0.2) is 15.2 Å². The van der Waals surface area contributed by atoms with Gasteiger partial charge in [0.2, 0.25) is 0 Å². The highest BCUT2D eigenvalue weighted by Crippen LogP contribution is 2.59. The molecule has 0 aliphatic heterocycles. The van der Waals surface area contributed by atoms with E-state index in [2.05, 4.69) is 0 Å². The van der Waals surface area contributed by atoms with Crippen molar-refractivity contribution in [2.24, 2.45) is 0 Å². The molecule has 3 nitrogen and oxygen atoms in total. The molecule has 0 atom stereocenters. The van der Waals surface area contributed by atoms with E-state index in [1.807, 2.05) is 0 Å². The molecule has 0 aromatic carbocycles. The second-order valence-corrected chi connectivity index (χ2v) is 10.3. The van der Waals surface area contributed by atoms with Crippen LogP contribution < -0.4 is 0 Å². The standard InChI is InChI=1S/C9H18Cl3O3PS/c1-7(2,10)13-16(17,14-8(3,4)11)15-9(5,6)12/h1-6H3. The van der Waals surface area contributed by atoms with E-state index in [1.54, 1.807) is 41.5 Å². The molecular formula is C9H18Cl3O3PS. The third-order valence-corrected chi connectivity index (χ3v) is 4.25. The Morgan fingerprint density at radius 3 is 1.00 bits per heavy atom. The number of hydrogen-bond donors (Lipinski definition) is 0. The van der Waals surface area contributed by atoms with Crippen molar-refractivity contribution >= 4 is 53.3 Å². The summed E-state index contributed by atoms with van der Waals surface area (Å²) in [5, 5.41) is -3.08. The molecule has 0 rings (SSSR count). The summed E-state index contributed by atoms with van der Waals surface area (Å²) >= 11 is 23.1. The second kappa shape index (κ2) is 5.80. The lowest BCUT2D eigenvalue weighted by molar-refractivity contribution is 0.0544. The number of hydrogen-bond acceptors (Lipinski definition) is 4. The lowest BCUT2D eigenvalue weighted by Gasteiger charge is -2.34. The van der Waals surface area contributed by atoms with Gasteiger partial charge >= 0.3 is 6.72 Å². The summed E-state index contributed by atoms with van der Waals surface area (Å²) in [6.07, 6.45) is 0. The van der Waals surface area contributed by atoms with Crippen LogP contribution in [0.2, 0.25) is 0 Å². The van der Waals surface area contributed by atoms with Gasteiger partial charge in [-0.3, -0.25) is 13.6 Å². The van der Waals surface area contributed by atoms with Gasteiger partial charge in [-0.1, -0.05) is 34.8 Å². The van der Waals surface area contributed by atoms with Crippen LogP contribution in [0.1, 0.15) is 41.5 Å². The van der Waals surface area contributed by atoms with Gasteiger partial charge in [0.05, 0.1) is 0 Å². The average molecular weight is 344 g/mol. The van der Waals surface area contributed by atoms with Gasteiger partial charge in [-0.05, 0) is 53.3 Å². The fraction of sp³-hybridized carbons (Fsp3) is 1.00. The summed E-state index contributed by atoms with van der Waals surface area (Å²) in [6, 6.07) is 0. The van der Waals surface area contributed by atoms with Crippen molar-refractivity contribution < 1.29 is 13.6 Å². The minimum absolute atomic E-state index is 1.03.